The lowest BCUT2D eigenvalue weighted by Gasteiger charge is -2.25. The number of carbonyl (C=O) groups excluding carboxylic acids is 1. The number of likely N-dealkylation sites (tertiary alicyclic amines) is 1. The summed E-state index contributed by atoms with van der Waals surface area (Å²) in [6.45, 7) is 4.92. The second-order valence-electron chi connectivity index (χ2n) is 5.49. The average Bonchev–Trinajstić information content (AvgIpc) is 2.40. The first kappa shape index (κ1) is 15.5. The number of halogens is 2. The number of hydrogen-bond acceptors (Lipinski definition) is 4. The van der Waals surface area contributed by atoms with E-state index in [9.17, 15) is 17.6 Å². The standard InChI is InChI=1S/C10H17ClFNO4S/c1-9(2,3)17-8(14)13-5-4-10(12,6-13)7-18(11,15)16/h4-7H2,1-3H3. The zero-order chi connectivity index (χ0) is 14.2. The molecule has 1 aliphatic heterocycles. The zero-order valence-corrected chi connectivity index (χ0v) is 12.1. The lowest BCUT2D eigenvalue weighted by Crippen LogP contribution is -2.39. The van der Waals surface area contributed by atoms with Crippen LogP contribution in [0.1, 0.15) is 27.2 Å². The maximum absolute atomic E-state index is 14.1. The van der Waals surface area contributed by atoms with Crippen LogP contribution in [0, 0.1) is 0 Å². The molecule has 0 saturated carbocycles. The SMILES string of the molecule is CC(C)(C)OC(=O)N1CCC(F)(CS(=O)(=O)Cl)C1. The highest BCUT2D eigenvalue weighted by Gasteiger charge is 2.44. The molecule has 1 unspecified atom stereocenters. The first-order chi connectivity index (χ1) is 7.90. The van der Waals surface area contributed by atoms with E-state index < -0.39 is 32.2 Å². The number of alkyl halides is 1. The Kier molecular flexibility index (Phi) is 4.17. The van der Waals surface area contributed by atoms with E-state index in [1.165, 1.54) is 0 Å². The van der Waals surface area contributed by atoms with Gasteiger partial charge in [-0.3, -0.25) is 0 Å². The fourth-order valence-electron chi connectivity index (χ4n) is 1.74. The van der Waals surface area contributed by atoms with Gasteiger partial charge < -0.3 is 9.64 Å². The quantitative estimate of drug-likeness (QED) is 0.731. The Balaban J connectivity index is 2.63. The molecule has 0 aromatic rings. The summed E-state index contributed by atoms with van der Waals surface area (Å²) in [5.41, 5.74) is -2.66. The molecule has 0 bridgehead atoms. The van der Waals surface area contributed by atoms with Crippen molar-refractivity contribution in [2.45, 2.75) is 38.5 Å². The minimum atomic E-state index is -3.93. The van der Waals surface area contributed by atoms with Crippen molar-refractivity contribution in [3.63, 3.8) is 0 Å². The van der Waals surface area contributed by atoms with Gasteiger partial charge in [-0.1, -0.05) is 0 Å². The third-order valence-electron chi connectivity index (χ3n) is 2.39. The van der Waals surface area contributed by atoms with Crippen LogP contribution in [0.3, 0.4) is 0 Å². The number of hydrogen-bond donors (Lipinski definition) is 0. The van der Waals surface area contributed by atoms with Gasteiger partial charge in [-0.15, -0.1) is 0 Å². The third-order valence-corrected chi connectivity index (χ3v) is 3.58. The molecule has 1 saturated heterocycles. The molecule has 1 amide bonds. The van der Waals surface area contributed by atoms with Crippen molar-refractivity contribution in [2.24, 2.45) is 0 Å². The molecule has 1 atom stereocenters. The summed E-state index contributed by atoms with van der Waals surface area (Å²) in [5.74, 6) is -0.791. The Morgan fingerprint density at radius 3 is 2.50 bits per heavy atom. The molecule has 1 heterocycles. The predicted molar refractivity (Wildman–Crippen MR) is 65.9 cm³/mol. The molecule has 5 nitrogen and oxygen atoms in total. The summed E-state index contributed by atoms with van der Waals surface area (Å²) >= 11 is 0. The smallest absolute Gasteiger partial charge is 0.410 e. The summed E-state index contributed by atoms with van der Waals surface area (Å²) in [6.07, 6.45) is -0.702. The van der Waals surface area contributed by atoms with Crippen LogP contribution in [0.25, 0.3) is 0 Å². The number of rotatable bonds is 2. The zero-order valence-electron chi connectivity index (χ0n) is 10.6. The summed E-state index contributed by atoms with van der Waals surface area (Å²) in [5, 5.41) is 0. The van der Waals surface area contributed by atoms with Crippen molar-refractivity contribution in [1.82, 2.24) is 4.90 Å². The van der Waals surface area contributed by atoms with Gasteiger partial charge in [0.05, 0.1) is 6.54 Å². The van der Waals surface area contributed by atoms with Crippen molar-refractivity contribution < 1.29 is 22.3 Å². The van der Waals surface area contributed by atoms with E-state index in [0.717, 1.165) is 4.90 Å². The van der Waals surface area contributed by atoms with E-state index >= 15 is 0 Å². The highest BCUT2D eigenvalue weighted by Crippen LogP contribution is 2.29. The molecule has 0 radical (unpaired) electrons. The second kappa shape index (κ2) is 4.85. The van der Waals surface area contributed by atoms with Crippen molar-refractivity contribution in [1.29, 1.82) is 0 Å². The minimum absolute atomic E-state index is 0.0573. The molecule has 106 valence electrons. The Bertz CT molecular complexity index is 434. The van der Waals surface area contributed by atoms with Crippen LogP contribution < -0.4 is 0 Å². The molecular weight excluding hydrogens is 285 g/mol. The fraction of sp³-hybridized carbons (Fsp3) is 0.900. The molecule has 1 rings (SSSR count). The summed E-state index contributed by atoms with van der Waals surface area (Å²) in [6, 6.07) is 0. The normalized spacial score (nSPS) is 25.3. The highest BCUT2D eigenvalue weighted by molar-refractivity contribution is 8.13. The van der Waals surface area contributed by atoms with E-state index in [4.69, 9.17) is 15.4 Å². The van der Waals surface area contributed by atoms with E-state index in [0.29, 0.717) is 0 Å². The van der Waals surface area contributed by atoms with Gasteiger partial charge in [-0.05, 0) is 20.8 Å². The molecule has 8 heteroatoms. The largest absolute Gasteiger partial charge is 0.444 e. The Morgan fingerprint density at radius 1 is 1.50 bits per heavy atom. The lowest BCUT2D eigenvalue weighted by atomic mass is 10.1. The van der Waals surface area contributed by atoms with Crippen LogP contribution in [-0.2, 0) is 13.8 Å². The van der Waals surface area contributed by atoms with Gasteiger partial charge in [0.1, 0.15) is 17.0 Å². The summed E-state index contributed by atoms with van der Waals surface area (Å²) < 4.78 is 41.0. The molecule has 0 aromatic heterocycles. The van der Waals surface area contributed by atoms with E-state index in [1.54, 1.807) is 20.8 Å². The number of ether oxygens (including phenoxy) is 1. The number of nitrogens with zero attached hydrogens (tertiary/aromatic N) is 1. The Morgan fingerprint density at radius 2 is 2.06 bits per heavy atom. The molecule has 1 aliphatic rings. The molecule has 18 heavy (non-hydrogen) atoms. The van der Waals surface area contributed by atoms with Gasteiger partial charge in [0.2, 0.25) is 9.05 Å². The van der Waals surface area contributed by atoms with Crippen LogP contribution in [0.15, 0.2) is 0 Å². The second-order valence-corrected chi connectivity index (χ2v) is 8.26. The molecule has 0 aliphatic carbocycles. The van der Waals surface area contributed by atoms with Crippen molar-refractivity contribution in [2.75, 3.05) is 18.8 Å². The summed E-state index contributed by atoms with van der Waals surface area (Å²) in [4.78, 5) is 12.8. The molecule has 0 aromatic carbocycles. The molecular formula is C10H17ClFNO4S. The lowest BCUT2D eigenvalue weighted by molar-refractivity contribution is 0.0265. The van der Waals surface area contributed by atoms with Gasteiger partial charge in [-0.2, -0.15) is 0 Å². The van der Waals surface area contributed by atoms with Gasteiger partial charge in [0, 0.05) is 23.6 Å². The highest BCUT2D eigenvalue weighted by atomic mass is 35.7. The molecule has 1 fully saturated rings. The monoisotopic (exact) mass is 301 g/mol. The van der Waals surface area contributed by atoms with Crippen molar-refractivity contribution >= 4 is 25.8 Å². The Labute approximate surface area is 111 Å². The number of carbonyl (C=O) groups is 1. The van der Waals surface area contributed by atoms with Crippen molar-refractivity contribution in [3.8, 4) is 0 Å². The molecule has 0 N–H and O–H groups in total. The van der Waals surface area contributed by atoms with E-state index in [1.807, 2.05) is 0 Å². The van der Waals surface area contributed by atoms with Crippen LogP contribution >= 0.6 is 10.7 Å². The minimum Gasteiger partial charge on any atom is -0.444 e. The topological polar surface area (TPSA) is 63.7 Å². The van der Waals surface area contributed by atoms with Crippen LogP contribution in [-0.4, -0.2) is 49.5 Å². The van der Waals surface area contributed by atoms with Gasteiger partial charge >= 0.3 is 6.09 Å². The van der Waals surface area contributed by atoms with Crippen LogP contribution in [0.4, 0.5) is 9.18 Å². The van der Waals surface area contributed by atoms with Gasteiger partial charge in [0.15, 0.2) is 0 Å². The van der Waals surface area contributed by atoms with Crippen LogP contribution in [0.2, 0.25) is 0 Å². The van der Waals surface area contributed by atoms with E-state index in [-0.39, 0.29) is 19.5 Å². The van der Waals surface area contributed by atoms with Crippen molar-refractivity contribution in [3.05, 3.63) is 0 Å². The average molecular weight is 302 g/mol. The first-order valence-corrected chi connectivity index (χ1v) is 7.97. The van der Waals surface area contributed by atoms with E-state index in [2.05, 4.69) is 0 Å². The van der Waals surface area contributed by atoms with Crippen LogP contribution in [0.5, 0.6) is 0 Å². The molecule has 0 spiro atoms. The first-order valence-electron chi connectivity index (χ1n) is 5.49. The third kappa shape index (κ3) is 4.97. The maximum atomic E-state index is 14.1. The van der Waals surface area contributed by atoms with Gasteiger partial charge in [-0.25, -0.2) is 17.6 Å². The Hall–Kier alpha value is -0.560. The fourth-order valence-corrected chi connectivity index (χ4v) is 3.18. The summed E-state index contributed by atoms with van der Waals surface area (Å²) in [7, 11) is 1.10. The number of amides is 1. The predicted octanol–water partition coefficient (Wildman–Crippen LogP) is 1.90. The van der Waals surface area contributed by atoms with Gasteiger partial charge in [0.25, 0.3) is 0 Å². The maximum Gasteiger partial charge on any atom is 0.410 e.